The number of carbonyl (C=O) groups excluding carboxylic acids is 1. The standard InChI is InChI=1S/C12H21ClN4O/c1-5-6-14-12(18)9(3)15-7-10-8(2)16-17(4)11(10)13/h9,15H,5-7H2,1-4H3,(H,14,18). The molecular weight excluding hydrogens is 252 g/mol. The molecule has 1 amide bonds. The Hall–Kier alpha value is -1.07. The fourth-order valence-electron chi connectivity index (χ4n) is 1.62. The minimum atomic E-state index is -0.243. The van der Waals surface area contributed by atoms with Crippen LogP contribution < -0.4 is 10.6 Å². The largest absolute Gasteiger partial charge is 0.355 e. The highest BCUT2D eigenvalue weighted by molar-refractivity contribution is 6.30. The molecule has 0 saturated heterocycles. The zero-order valence-corrected chi connectivity index (χ0v) is 12.1. The molecule has 0 aromatic carbocycles. The van der Waals surface area contributed by atoms with E-state index in [0.29, 0.717) is 18.2 Å². The van der Waals surface area contributed by atoms with E-state index in [0.717, 1.165) is 17.7 Å². The van der Waals surface area contributed by atoms with Crippen LogP contribution in [0.5, 0.6) is 0 Å². The monoisotopic (exact) mass is 272 g/mol. The first-order chi connectivity index (χ1) is 8.47. The van der Waals surface area contributed by atoms with Gasteiger partial charge < -0.3 is 10.6 Å². The van der Waals surface area contributed by atoms with E-state index in [9.17, 15) is 4.79 Å². The summed E-state index contributed by atoms with van der Waals surface area (Å²) in [5.41, 5.74) is 1.82. The molecule has 0 aliphatic carbocycles. The lowest BCUT2D eigenvalue weighted by Gasteiger charge is -2.13. The summed E-state index contributed by atoms with van der Waals surface area (Å²) >= 11 is 6.12. The maximum Gasteiger partial charge on any atom is 0.236 e. The Morgan fingerprint density at radius 1 is 1.56 bits per heavy atom. The molecule has 1 heterocycles. The number of hydrogen-bond donors (Lipinski definition) is 2. The van der Waals surface area contributed by atoms with E-state index in [4.69, 9.17) is 11.6 Å². The highest BCUT2D eigenvalue weighted by atomic mass is 35.5. The number of hydrogen-bond acceptors (Lipinski definition) is 3. The first-order valence-electron chi connectivity index (χ1n) is 6.16. The molecule has 0 radical (unpaired) electrons. The van der Waals surface area contributed by atoms with Gasteiger partial charge in [0.2, 0.25) is 5.91 Å². The summed E-state index contributed by atoms with van der Waals surface area (Å²) < 4.78 is 1.63. The predicted octanol–water partition coefficient (Wildman–Crippen LogP) is 1.39. The minimum absolute atomic E-state index is 0.00881. The first kappa shape index (κ1) is 15.0. The van der Waals surface area contributed by atoms with Crippen molar-refractivity contribution in [3.8, 4) is 0 Å². The van der Waals surface area contributed by atoms with Gasteiger partial charge in [-0.2, -0.15) is 5.10 Å². The molecule has 1 atom stereocenters. The predicted molar refractivity (Wildman–Crippen MR) is 72.6 cm³/mol. The average molecular weight is 273 g/mol. The SMILES string of the molecule is CCCNC(=O)C(C)NCc1c(C)nn(C)c1Cl. The number of aryl methyl sites for hydroxylation is 2. The Morgan fingerprint density at radius 3 is 2.72 bits per heavy atom. The molecule has 0 aliphatic rings. The number of nitrogens with one attached hydrogen (secondary N) is 2. The number of nitrogens with zero attached hydrogens (tertiary/aromatic N) is 2. The summed E-state index contributed by atoms with van der Waals surface area (Å²) in [4.78, 5) is 11.7. The average Bonchev–Trinajstić information content (AvgIpc) is 2.58. The van der Waals surface area contributed by atoms with Crippen LogP contribution in [0.15, 0.2) is 0 Å². The summed E-state index contributed by atoms with van der Waals surface area (Å²) in [7, 11) is 1.80. The van der Waals surface area contributed by atoms with E-state index in [1.54, 1.807) is 11.7 Å². The molecule has 0 fully saturated rings. The van der Waals surface area contributed by atoms with Gasteiger partial charge >= 0.3 is 0 Å². The van der Waals surface area contributed by atoms with E-state index >= 15 is 0 Å². The van der Waals surface area contributed by atoms with Crippen LogP contribution in [-0.4, -0.2) is 28.3 Å². The van der Waals surface area contributed by atoms with Crippen molar-refractivity contribution in [2.45, 2.75) is 39.8 Å². The van der Waals surface area contributed by atoms with Crippen LogP contribution in [0.25, 0.3) is 0 Å². The van der Waals surface area contributed by atoms with Crippen molar-refractivity contribution in [2.24, 2.45) is 7.05 Å². The van der Waals surface area contributed by atoms with Crippen molar-refractivity contribution in [3.05, 3.63) is 16.4 Å². The summed E-state index contributed by atoms with van der Waals surface area (Å²) in [6, 6.07) is -0.243. The van der Waals surface area contributed by atoms with Crippen LogP contribution in [0.3, 0.4) is 0 Å². The Morgan fingerprint density at radius 2 is 2.22 bits per heavy atom. The van der Waals surface area contributed by atoms with Gasteiger partial charge in [-0.1, -0.05) is 18.5 Å². The quantitative estimate of drug-likeness (QED) is 0.823. The number of amides is 1. The van der Waals surface area contributed by atoms with Crippen molar-refractivity contribution in [2.75, 3.05) is 6.54 Å². The van der Waals surface area contributed by atoms with Gasteiger partial charge in [0.1, 0.15) is 5.15 Å². The molecule has 0 spiro atoms. The maximum atomic E-state index is 11.7. The number of rotatable bonds is 6. The molecule has 0 saturated carbocycles. The smallest absolute Gasteiger partial charge is 0.236 e. The molecule has 1 aromatic heterocycles. The lowest BCUT2D eigenvalue weighted by molar-refractivity contribution is -0.122. The van der Waals surface area contributed by atoms with Crippen molar-refractivity contribution < 1.29 is 4.79 Å². The number of aromatic nitrogens is 2. The lowest BCUT2D eigenvalue weighted by Crippen LogP contribution is -2.42. The van der Waals surface area contributed by atoms with Crippen molar-refractivity contribution >= 4 is 17.5 Å². The molecule has 0 aliphatic heterocycles. The van der Waals surface area contributed by atoms with Crippen LogP contribution in [0.4, 0.5) is 0 Å². The summed E-state index contributed by atoms with van der Waals surface area (Å²) in [6.45, 7) is 7.02. The lowest BCUT2D eigenvalue weighted by atomic mass is 10.2. The van der Waals surface area contributed by atoms with Crippen molar-refractivity contribution in [1.29, 1.82) is 0 Å². The molecular formula is C12H21ClN4O. The highest BCUT2D eigenvalue weighted by Gasteiger charge is 2.15. The first-order valence-corrected chi connectivity index (χ1v) is 6.54. The van der Waals surface area contributed by atoms with Crippen molar-refractivity contribution in [3.63, 3.8) is 0 Å². The van der Waals surface area contributed by atoms with E-state index in [1.165, 1.54) is 0 Å². The van der Waals surface area contributed by atoms with Gasteiger partial charge in [0.25, 0.3) is 0 Å². The summed E-state index contributed by atoms with van der Waals surface area (Å²) in [5, 5.41) is 10.8. The summed E-state index contributed by atoms with van der Waals surface area (Å²) in [5.74, 6) is 0.00881. The topological polar surface area (TPSA) is 59.0 Å². The summed E-state index contributed by atoms with van der Waals surface area (Å²) in [6.07, 6.45) is 0.937. The van der Waals surface area contributed by atoms with E-state index in [2.05, 4.69) is 15.7 Å². The molecule has 6 heteroatoms. The van der Waals surface area contributed by atoms with Gasteiger partial charge in [0, 0.05) is 25.7 Å². The van der Waals surface area contributed by atoms with Crippen LogP contribution in [-0.2, 0) is 18.4 Å². The van der Waals surface area contributed by atoms with Crippen LogP contribution in [0.2, 0.25) is 5.15 Å². The third-order valence-corrected chi connectivity index (χ3v) is 3.27. The maximum absolute atomic E-state index is 11.7. The molecule has 1 rings (SSSR count). The number of carbonyl (C=O) groups is 1. The fourth-order valence-corrected chi connectivity index (χ4v) is 1.87. The van der Waals surface area contributed by atoms with Crippen molar-refractivity contribution in [1.82, 2.24) is 20.4 Å². The second-order valence-electron chi connectivity index (χ2n) is 4.37. The van der Waals surface area contributed by atoms with Gasteiger partial charge in [-0.25, -0.2) is 0 Å². The van der Waals surface area contributed by atoms with Crippen LogP contribution in [0, 0.1) is 6.92 Å². The molecule has 102 valence electrons. The zero-order valence-electron chi connectivity index (χ0n) is 11.4. The third-order valence-electron chi connectivity index (χ3n) is 2.80. The Balaban J connectivity index is 2.52. The van der Waals surface area contributed by atoms with E-state index in [-0.39, 0.29) is 11.9 Å². The Kier molecular flexibility index (Phi) is 5.62. The Bertz CT molecular complexity index is 416. The number of halogens is 1. The third kappa shape index (κ3) is 3.71. The van der Waals surface area contributed by atoms with E-state index in [1.807, 2.05) is 20.8 Å². The van der Waals surface area contributed by atoms with Crippen LogP contribution >= 0.6 is 11.6 Å². The molecule has 1 aromatic rings. The molecule has 18 heavy (non-hydrogen) atoms. The van der Waals surface area contributed by atoms with Gasteiger partial charge in [-0.05, 0) is 20.3 Å². The molecule has 1 unspecified atom stereocenters. The minimum Gasteiger partial charge on any atom is -0.355 e. The van der Waals surface area contributed by atoms with Gasteiger partial charge in [-0.3, -0.25) is 9.48 Å². The Labute approximate surface area is 113 Å². The molecule has 0 bridgehead atoms. The second-order valence-corrected chi connectivity index (χ2v) is 4.73. The fraction of sp³-hybridized carbons (Fsp3) is 0.667. The normalized spacial score (nSPS) is 12.5. The van der Waals surface area contributed by atoms with E-state index < -0.39 is 0 Å². The molecule has 5 nitrogen and oxygen atoms in total. The van der Waals surface area contributed by atoms with Gasteiger partial charge in [0.15, 0.2) is 0 Å². The zero-order chi connectivity index (χ0) is 13.7. The highest BCUT2D eigenvalue weighted by Crippen LogP contribution is 2.18. The van der Waals surface area contributed by atoms with Gasteiger partial charge in [0.05, 0.1) is 11.7 Å². The van der Waals surface area contributed by atoms with Crippen LogP contribution in [0.1, 0.15) is 31.5 Å². The second kappa shape index (κ2) is 6.75. The molecule has 2 N–H and O–H groups in total. The van der Waals surface area contributed by atoms with Gasteiger partial charge in [-0.15, -0.1) is 0 Å².